The second-order valence-corrected chi connectivity index (χ2v) is 5.52. The van der Waals surface area contributed by atoms with E-state index in [1.54, 1.807) is 0 Å². The Labute approximate surface area is 122 Å². The average molecular weight is 293 g/mol. The van der Waals surface area contributed by atoms with Gasteiger partial charge in [-0.05, 0) is 31.0 Å². The summed E-state index contributed by atoms with van der Waals surface area (Å²) in [5, 5.41) is 28.2. The van der Waals surface area contributed by atoms with Crippen molar-refractivity contribution < 1.29 is 24.9 Å². The van der Waals surface area contributed by atoms with Crippen LogP contribution in [0.25, 0.3) is 0 Å². The van der Waals surface area contributed by atoms with Gasteiger partial charge in [0.25, 0.3) is 5.91 Å². The number of likely N-dealkylation sites (tertiary alicyclic amines) is 1. The fourth-order valence-electron chi connectivity index (χ4n) is 2.85. The molecule has 1 heterocycles. The summed E-state index contributed by atoms with van der Waals surface area (Å²) in [6.07, 6.45) is 1.72. The first-order valence-electron chi connectivity index (χ1n) is 6.94. The van der Waals surface area contributed by atoms with Crippen molar-refractivity contribution in [1.82, 2.24) is 4.90 Å². The molecule has 1 aromatic carbocycles. The van der Waals surface area contributed by atoms with Gasteiger partial charge in [0.2, 0.25) is 0 Å². The van der Waals surface area contributed by atoms with Crippen LogP contribution in [0.4, 0.5) is 0 Å². The van der Waals surface area contributed by atoms with Gasteiger partial charge in [-0.15, -0.1) is 0 Å². The first-order valence-corrected chi connectivity index (χ1v) is 6.94. The zero-order chi connectivity index (χ0) is 15.6. The maximum Gasteiger partial charge on any atom is 0.311 e. The van der Waals surface area contributed by atoms with Crippen molar-refractivity contribution in [3.8, 4) is 11.5 Å². The fraction of sp³-hybridized carbons (Fsp3) is 0.467. The van der Waals surface area contributed by atoms with E-state index < -0.39 is 11.4 Å². The minimum Gasteiger partial charge on any atom is -0.504 e. The minimum atomic E-state index is -0.872. The van der Waals surface area contributed by atoms with E-state index in [1.165, 1.54) is 23.1 Å². The number of phenols is 2. The van der Waals surface area contributed by atoms with Crippen LogP contribution in [0.2, 0.25) is 0 Å². The molecule has 1 aromatic rings. The number of carbonyl (C=O) groups excluding carboxylic acids is 1. The van der Waals surface area contributed by atoms with Crippen LogP contribution in [0.3, 0.4) is 0 Å². The largest absolute Gasteiger partial charge is 0.504 e. The topological polar surface area (TPSA) is 98.1 Å². The van der Waals surface area contributed by atoms with Crippen molar-refractivity contribution in [1.29, 1.82) is 0 Å². The van der Waals surface area contributed by atoms with E-state index in [2.05, 4.69) is 0 Å². The first-order chi connectivity index (χ1) is 9.89. The van der Waals surface area contributed by atoms with E-state index in [-0.39, 0.29) is 29.5 Å². The van der Waals surface area contributed by atoms with Gasteiger partial charge < -0.3 is 20.2 Å². The second-order valence-electron chi connectivity index (χ2n) is 5.52. The molecule has 0 spiro atoms. The highest BCUT2D eigenvalue weighted by Gasteiger charge is 2.45. The van der Waals surface area contributed by atoms with Crippen LogP contribution in [-0.4, -0.2) is 45.2 Å². The van der Waals surface area contributed by atoms with E-state index in [1.807, 2.05) is 6.92 Å². The number of hydrogen-bond acceptors (Lipinski definition) is 4. The molecule has 1 unspecified atom stereocenters. The lowest BCUT2D eigenvalue weighted by Crippen LogP contribution is -2.36. The molecule has 21 heavy (non-hydrogen) atoms. The number of aliphatic carboxylic acids is 1. The molecule has 2 rings (SSSR count). The maximum atomic E-state index is 12.4. The van der Waals surface area contributed by atoms with Crippen LogP contribution in [-0.2, 0) is 4.79 Å². The summed E-state index contributed by atoms with van der Waals surface area (Å²) >= 11 is 0. The molecule has 1 saturated heterocycles. The Balaban J connectivity index is 2.18. The molecule has 0 aliphatic carbocycles. The molecule has 1 fully saturated rings. The Hall–Kier alpha value is -2.24. The van der Waals surface area contributed by atoms with Gasteiger partial charge in [0, 0.05) is 18.7 Å². The van der Waals surface area contributed by atoms with Crippen LogP contribution in [0.1, 0.15) is 36.5 Å². The molecule has 0 aromatic heterocycles. The molecule has 1 amide bonds. The molecule has 0 bridgehead atoms. The van der Waals surface area contributed by atoms with Crippen molar-refractivity contribution in [2.45, 2.75) is 26.2 Å². The van der Waals surface area contributed by atoms with Gasteiger partial charge in [-0.25, -0.2) is 0 Å². The highest BCUT2D eigenvalue weighted by atomic mass is 16.4. The molecular weight excluding hydrogens is 274 g/mol. The smallest absolute Gasteiger partial charge is 0.311 e. The monoisotopic (exact) mass is 293 g/mol. The summed E-state index contributed by atoms with van der Waals surface area (Å²) in [7, 11) is 0. The quantitative estimate of drug-likeness (QED) is 0.735. The third-order valence-corrected chi connectivity index (χ3v) is 4.05. The summed E-state index contributed by atoms with van der Waals surface area (Å²) in [6, 6.07) is 3.85. The van der Waals surface area contributed by atoms with E-state index >= 15 is 0 Å². The van der Waals surface area contributed by atoms with E-state index in [4.69, 9.17) is 0 Å². The van der Waals surface area contributed by atoms with Gasteiger partial charge in [0.1, 0.15) is 0 Å². The Bertz CT molecular complexity index is 571. The van der Waals surface area contributed by atoms with E-state index in [0.29, 0.717) is 19.4 Å². The van der Waals surface area contributed by atoms with Crippen molar-refractivity contribution in [3.05, 3.63) is 23.8 Å². The minimum absolute atomic E-state index is 0.177. The van der Waals surface area contributed by atoms with Gasteiger partial charge in [-0.1, -0.05) is 13.3 Å². The van der Waals surface area contributed by atoms with Crippen molar-refractivity contribution in [3.63, 3.8) is 0 Å². The van der Waals surface area contributed by atoms with E-state index in [9.17, 15) is 24.9 Å². The van der Waals surface area contributed by atoms with E-state index in [0.717, 1.165) is 6.42 Å². The second kappa shape index (κ2) is 5.63. The molecule has 1 atom stereocenters. The molecule has 6 nitrogen and oxygen atoms in total. The number of carbonyl (C=O) groups is 2. The number of benzene rings is 1. The number of nitrogens with zero attached hydrogens (tertiary/aromatic N) is 1. The number of carboxylic acid groups (broad SMARTS) is 1. The lowest BCUT2D eigenvalue weighted by molar-refractivity contribution is -0.148. The predicted molar refractivity (Wildman–Crippen MR) is 75.3 cm³/mol. The lowest BCUT2D eigenvalue weighted by Gasteiger charge is -2.24. The highest BCUT2D eigenvalue weighted by Crippen LogP contribution is 2.36. The lowest BCUT2D eigenvalue weighted by atomic mass is 9.83. The third kappa shape index (κ3) is 2.79. The van der Waals surface area contributed by atoms with Gasteiger partial charge in [-0.3, -0.25) is 9.59 Å². The Kier molecular flexibility index (Phi) is 4.06. The fourth-order valence-corrected chi connectivity index (χ4v) is 2.85. The summed E-state index contributed by atoms with van der Waals surface area (Å²) in [6.45, 7) is 2.48. The van der Waals surface area contributed by atoms with Crippen molar-refractivity contribution in [2.75, 3.05) is 13.1 Å². The maximum absolute atomic E-state index is 12.4. The van der Waals surface area contributed by atoms with Gasteiger partial charge in [0.05, 0.1) is 5.41 Å². The Morgan fingerprint density at radius 3 is 2.57 bits per heavy atom. The molecule has 114 valence electrons. The Morgan fingerprint density at radius 2 is 2.00 bits per heavy atom. The SMILES string of the molecule is CCCC1(C(=O)O)CCN(C(=O)c2ccc(O)c(O)c2)C1. The third-order valence-electron chi connectivity index (χ3n) is 4.05. The average Bonchev–Trinajstić information content (AvgIpc) is 2.87. The zero-order valence-corrected chi connectivity index (χ0v) is 11.9. The number of amides is 1. The molecule has 0 saturated carbocycles. The Morgan fingerprint density at radius 1 is 1.29 bits per heavy atom. The van der Waals surface area contributed by atoms with Crippen LogP contribution in [0, 0.1) is 5.41 Å². The standard InChI is InChI=1S/C15H19NO5/c1-2-5-15(14(20)21)6-7-16(9-15)13(19)10-3-4-11(17)12(18)8-10/h3-4,8,17-18H,2,5-7,9H2,1H3,(H,20,21). The summed E-state index contributed by atoms with van der Waals surface area (Å²) in [5.74, 6) is -1.85. The number of aromatic hydroxyl groups is 2. The van der Waals surface area contributed by atoms with Crippen LogP contribution in [0.15, 0.2) is 18.2 Å². The van der Waals surface area contributed by atoms with Crippen molar-refractivity contribution in [2.24, 2.45) is 5.41 Å². The van der Waals surface area contributed by atoms with Crippen LogP contribution >= 0.6 is 0 Å². The molecule has 1 aliphatic rings. The molecular formula is C15H19NO5. The molecule has 6 heteroatoms. The molecule has 0 radical (unpaired) electrons. The number of phenolic OH excluding ortho intramolecular Hbond substituents is 2. The predicted octanol–water partition coefficient (Wildman–Crippen LogP) is 1.81. The van der Waals surface area contributed by atoms with Crippen LogP contribution < -0.4 is 0 Å². The van der Waals surface area contributed by atoms with Gasteiger partial charge in [-0.2, -0.15) is 0 Å². The summed E-state index contributed by atoms with van der Waals surface area (Å²) < 4.78 is 0. The first kappa shape index (κ1) is 15.2. The zero-order valence-electron chi connectivity index (χ0n) is 11.9. The number of rotatable bonds is 4. The van der Waals surface area contributed by atoms with Gasteiger partial charge >= 0.3 is 5.97 Å². The van der Waals surface area contributed by atoms with Crippen molar-refractivity contribution >= 4 is 11.9 Å². The highest BCUT2D eigenvalue weighted by molar-refractivity contribution is 5.95. The van der Waals surface area contributed by atoms with Gasteiger partial charge in [0.15, 0.2) is 11.5 Å². The van der Waals surface area contributed by atoms with Crippen LogP contribution in [0.5, 0.6) is 11.5 Å². The number of hydrogen-bond donors (Lipinski definition) is 3. The molecule has 3 N–H and O–H groups in total. The summed E-state index contributed by atoms with van der Waals surface area (Å²) in [4.78, 5) is 25.4. The normalized spacial score (nSPS) is 21.5. The molecule has 1 aliphatic heterocycles. The summed E-state index contributed by atoms with van der Waals surface area (Å²) in [5.41, 5.74) is -0.633. The number of carboxylic acids is 1.